The molecule has 0 rings (SSSR count). The van der Waals surface area contributed by atoms with Crippen molar-refractivity contribution in [2.75, 3.05) is 19.6 Å². The van der Waals surface area contributed by atoms with Gasteiger partial charge in [0.1, 0.15) is 18.1 Å². The predicted octanol–water partition coefficient (Wildman–Crippen LogP) is -0.901. The molecule has 0 bridgehead atoms. The van der Waals surface area contributed by atoms with Gasteiger partial charge in [-0.1, -0.05) is 0 Å². The molecule has 0 aromatic rings. The van der Waals surface area contributed by atoms with Crippen molar-refractivity contribution in [3.05, 3.63) is 0 Å². The van der Waals surface area contributed by atoms with Crippen LogP contribution in [0.4, 0.5) is 0 Å². The van der Waals surface area contributed by atoms with Gasteiger partial charge in [0, 0.05) is 0 Å². The van der Waals surface area contributed by atoms with Crippen molar-refractivity contribution in [1.82, 2.24) is 0 Å². The van der Waals surface area contributed by atoms with Crippen LogP contribution in [-0.2, 0) is 14.4 Å². The van der Waals surface area contributed by atoms with Gasteiger partial charge < -0.3 is 49.7 Å². The van der Waals surface area contributed by atoms with Gasteiger partial charge in [-0.05, 0) is 58.2 Å². The summed E-state index contributed by atoms with van der Waals surface area (Å²) in [6.07, 6.45) is 3.41. The number of hydrogen-bond donors (Lipinski definition) is 9. The Bertz CT molecular complexity index is 359. The van der Waals surface area contributed by atoms with Crippen LogP contribution in [0.25, 0.3) is 0 Å². The molecule has 194 valence electrons. The Balaban J connectivity index is -0.0000000524. The molecule has 0 aromatic heterocycles. The number of carbonyl (C=O) groups is 3. The summed E-state index contributed by atoms with van der Waals surface area (Å²) in [4.78, 5) is 30.1. The zero-order chi connectivity index (χ0) is 21.8. The summed E-state index contributed by atoms with van der Waals surface area (Å²) < 4.78 is 0. The zero-order valence-electron chi connectivity index (χ0n) is 17.3. The van der Waals surface area contributed by atoms with Crippen LogP contribution in [0.2, 0.25) is 0 Å². The summed E-state index contributed by atoms with van der Waals surface area (Å²) in [5.41, 5.74) is 30.8. The Kier molecular flexibility index (Phi) is 52.5. The minimum absolute atomic E-state index is 0. The van der Waals surface area contributed by atoms with Crippen molar-refractivity contribution in [2.24, 2.45) is 34.4 Å². The highest BCUT2D eigenvalue weighted by atomic mass is 35.5. The first-order valence-electron chi connectivity index (χ1n) is 8.60. The van der Waals surface area contributed by atoms with E-state index in [1.54, 1.807) is 0 Å². The number of halogens is 4. The number of hydrogen-bond acceptors (Lipinski definition) is 9. The molecule has 0 spiro atoms. The second-order valence-corrected chi connectivity index (χ2v) is 5.63. The van der Waals surface area contributed by atoms with Crippen LogP contribution < -0.4 is 34.4 Å². The lowest BCUT2D eigenvalue weighted by Crippen LogP contribution is -2.30. The van der Waals surface area contributed by atoms with Crippen LogP contribution in [0.1, 0.15) is 38.5 Å². The van der Waals surface area contributed by atoms with Crippen molar-refractivity contribution >= 4 is 67.5 Å². The lowest BCUT2D eigenvalue weighted by Gasteiger charge is -2.02. The minimum atomic E-state index is -0.955. The van der Waals surface area contributed by atoms with E-state index in [2.05, 4.69) is 0 Å². The SMILES string of the molecule is Cl.Cl.Cl.Cl.NCCC[C@@H](N)C(=O)O.NCCC[C@H](N)C(=O)O.NCCC[C@H](N)C(=O)O. The predicted molar refractivity (Wildman–Crippen MR) is 131 cm³/mol. The molecule has 0 saturated carbocycles. The van der Waals surface area contributed by atoms with E-state index >= 15 is 0 Å². The van der Waals surface area contributed by atoms with Crippen molar-refractivity contribution < 1.29 is 29.7 Å². The first-order chi connectivity index (χ1) is 12.5. The molecular formula is C15H40Cl4N6O6. The topological polar surface area (TPSA) is 268 Å². The third kappa shape index (κ3) is 40.2. The van der Waals surface area contributed by atoms with Crippen LogP contribution in [0.5, 0.6) is 0 Å². The first kappa shape index (κ1) is 47.9. The standard InChI is InChI=1S/3C5H12N2O2.4ClH/c3*6-3-1-2-4(7)5(8)9;;;;/h3*4H,1-3,6-7H2,(H,8,9);4*1H/t3*4-;;;;/m100..../s1. The molecule has 0 aromatic carbocycles. The molecule has 12 nitrogen and oxygen atoms in total. The Morgan fingerprint density at radius 2 is 0.677 bits per heavy atom. The van der Waals surface area contributed by atoms with E-state index in [-0.39, 0.29) is 49.6 Å². The van der Waals surface area contributed by atoms with E-state index in [0.717, 1.165) is 0 Å². The quantitative estimate of drug-likeness (QED) is 0.145. The third-order valence-electron chi connectivity index (χ3n) is 3.11. The number of carboxylic acid groups (broad SMARTS) is 3. The summed E-state index contributed by atoms with van der Waals surface area (Å²) in [5, 5.41) is 24.7. The molecule has 0 heterocycles. The van der Waals surface area contributed by atoms with Crippen molar-refractivity contribution in [2.45, 2.75) is 56.7 Å². The zero-order valence-corrected chi connectivity index (χ0v) is 20.5. The molecule has 0 aliphatic heterocycles. The number of aliphatic carboxylic acids is 3. The molecular weight excluding hydrogens is 502 g/mol. The van der Waals surface area contributed by atoms with E-state index < -0.39 is 36.0 Å². The van der Waals surface area contributed by atoms with E-state index in [1.165, 1.54) is 0 Å². The lowest BCUT2D eigenvalue weighted by atomic mass is 10.2. The van der Waals surface area contributed by atoms with E-state index in [0.29, 0.717) is 58.2 Å². The average molecular weight is 542 g/mol. The molecule has 0 saturated heterocycles. The Morgan fingerprint density at radius 3 is 0.774 bits per heavy atom. The summed E-state index contributed by atoms with van der Waals surface area (Å²) >= 11 is 0. The molecule has 0 aliphatic rings. The fraction of sp³-hybridized carbons (Fsp3) is 0.800. The van der Waals surface area contributed by atoms with Crippen LogP contribution in [0.15, 0.2) is 0 Å². The van der Waals surface area contributed by atoms with Crippen LogP contribution >= 0.6 is 49.6 Å². The normalized spacial score (nSPS) is 11.4. The van der Waals surface area contributed by atoms with Crippen LogP contribution in [-0.4, -0.2) is 71.0 Å². The van der Waals surface area contributed by atoms with Crippen molar-refractivity contribution in [3.8, 4) is 0 Å². The third-order valence-corrected chi connectivity index (χ3v) is 3.11. The highest BCUT2D eigenvalue weighted by Gasteiger charge is 2.10. The van der Waals surface area contributed by atoms with E-state index in [9.17, 15) is 14.4 Å². The molecule has 15 N–H and O–H groups in total. The summed E-state index contributed by atoms with van der Waals surface area (Å²) in [7, 11) is 0. The second kappa shape index (κ2) is 34.0. The van der Waals surface area contributed by atoms with Gasteiger partial charge in [-0.3, -0.25) is 14.4 Å². The maximum Gasteiger partial charge on any atom is 0.320 e. The van der Waals surface area contributed by atoms with Crippen LogP contribution in [0.3, 0.4) is 0 Å². The largest absolute Gasteiger partial charge is 0.480 e. The lowest BCUT2D eigenvalue weighted by molar-refractivity contribution is -0.139. The van der Waals surface area contributed by atoms with Gasteiger partial charge in [0.2, 0.25) is 0 Å². The van der Waals surface area contributed by atoms with Gasteiger partial charge in [0.05, 0.1) is 0 Å². The van der Waals surface area contributed by atoms with Gasteiger partial charge in [-0.2, -0.15) is 0 Å². The highest BCUT2D eigenvalue weighted by molar-refractivity contribution is 5.86. The molecule has 3 atom stereocenters. The monoisotopic (exact) mass is 540 g/mol. The molecule has 0 aliphatic carbocycles. The van der Waals surface area contributed by atoms with Crippen LogP contribution in [0, 0.1) is 0 Å². The maximum atomic E-state index is 10.0. The molecule has 31 heavy (non-hydrogen) atoms. The molecule has 0 unspecified atom stereocenters. The molecule has 0 radical (unpaired) electrons. The van der Waals surface area contributed by atoms with Gasteiger partial charge in [-0.25, -0.2) is 0 Å². The summed E-state index contributed by atoms with van der Waals surface area (Å²) in [5.74, 6) is -2.87. The fourth-order valence-corrected chi connectivity index (χ4v) is 1.38. The fourth-order valence-electron chi connectivity index (χ4n) is 1.38. The Hall–Kier alpha value is -0.670. The molecule has 0 amide bonds. The maximum absolute atomic E-state index is 10.0. The van der Waals surface area contributed by atoms with E-state index in [4.69, 9.17) is 49.7 Å². The number of carboxylic acids is 3. The molecule has 0 fully saturated rings. The summed E-state index contributed by atoms with van der Waals surface area (Å²) in [6, 6.07) is -2.23. The highest BCUT2D eigenvalue weighted by Crippen LogP contribution is 1.92. The Labute approximate surface area is 207 Å². The van der Waals surface area contributed by atoms with Gasteiger partial charge in [0.15, 0.2) is 0 Å². The van der Waals surface area contributed by atoms with E-state index in [1.807, 2.05) is 0 Å². The van der Waals surface area contributed by atoms with Gasteiger partial charge >= 0.3 is 17.9 Å². The van der Waals surface area contributed by atoms with Gasteiger partial charge in [-0.15, -0.1) is 49.6 Å². The van der Waals surface area contributed by atoms with Crippen molar-refractivity contribution in [3.63, 3.8) is 0 Å². The minimum Gasteiger partial charge on any atom is -0.480 e. The smallest absolute Gasteiger partial charge is 0.320 e. The molecule has 16 heteroatoms. The second-order valence-electron chi connectivity index (χ2n) is 5.63. The average Bonchev–Trinajstić information content (AvgIpc) is 2.62. The first-order valence-corrected chi connectivity index (χ1v) is 8.60. The van der Waals surface area contributed by atoms with Gasteiger partial charge in [0.25, 0.3) is 0 Å². The number of rotatable bonds is 12. The summed E-state index contributed by atoms with van der Waals surface area (Å²) in [6.45, 7) is 1.50. The number of nitrogens with two attached hydrogens (primary N) is 6. The Morgan fingerprint density at radius 1 is 0.516 bits per heavy atom. The van der Waals surface area contributed by atoms with Crippen molar-refractivity contribution in [1.29, 1.82) is 0 Å².